The van der Waals surface area contributed by atoms with Crippen LogP contribution in [0.25, 0.3) is 0 Å². The summed E-state index contributed by atoms with van der Waals surface area (Å²) in [6, 6.07) is 3.27. The Morgan fingerprint density at radius 3 is 2.67 bits per heavy atom. The molecule has 0 saturated carbocycles. The van der Waals surface area contributed by atoms with E-state index in [2.05, 4.69) is 5.32 Å². The van der Waals surface area contributed by atoms with Crippen LogP contribution < -0.4 is 10.9 Å². The van der Waals surface area contributed by atoms with Crippen LogP contribution in [-0.2, 0) is 7.05 Å². The highest BCUT2D eigenvalue weighted by Gasteiger charge is 2.15. The van der Waals surface area contributed by atoms with Crippen LogP contribution in [0.4, 0.5) is 5.69 Å². The first-order valence-corrected chi connectivity index (χ1v) is 4.96. The number of hydrogen-bond donors (Lipinski definition) is 2. The van der Waals surface area contributed by atoms with E-state index in [9.17, 15) is 4.79 Å². The van der Waals surface area contributed by atoms with Crippen LogP contribution in [0.3, 0.4) is 0 Å². The summed E-state index contributed by atoms with van der Waals surface area (Å²) < 4.78 is 1.52. The first kappa shape index (κ1) is 11.8. The van der Waals surface area contributed by atoms with Crippen LogP contribution in [-0.4, -0.2) is 22.8 Å². The molecule has 2 N–H and O–H groups in total. The van der Waals surface area contributed by atoms with Gasteiger partial charge in [-0.15, -0.1) is 0 Å². The molecule has 4 heteroatoms. The Balaban J connectivity index is 2.66. The van der Waals surface area contributed by atoms with Crippen molar-refractivity contribution >= 4 is 5.69 Å². The lowest BCUT2D eigenvalue weighted by Crippen LogP contribution is -2.27. The molecule has 4 nitrogen and oxygen atoms in total. The predicted octanol–water partition coefficient (Wildman–Crippen LogP) is 0.816. The van der Waals surface area contributed by atoms with Gasteiger partial charge in [0, 0.05) is 37.9 Å². The van der Waals surface area contributed by atoms with Gasteiger partial charge in [-0.05, 0) is 6.07 Å². The molecule has 0 unspecified atom stereocenters. The second-order valence-corrected chi connectivity index (χ2v) is 4.54. The first-order chi connectivity index (χ1) is 6.94. The van der Waals surface area contributed by atoms with Crippen molar-refractivity contribution in [1.29, 1.82) is 0 Å². The minimum absolute atomic E-state index is 0.0260. The smallest absolute Gasteiger partial charge is 0.250 e. The monoisotopic (exact) mass is 210 g/mol. The molecular weight excluding hydrogens is 192 g/mol. The summed E-state index contributed by atoms with van der Waals surface area (Å²) in [7, 11) is 1.71. The van der Waals surface area contributed by atoms with Gasteiger partial charge in [-0.2, -0.15) is 0 Å². The molecule has 0 fully saturated rings. The zero-order chi connectivity index (χ0) is 11.5. The van der Waals surface area contributed by atoms with Crippen LogP contribution >= 0.6 is 0 Å². The van der Waals surface area contributed by atoms with Gasteiger partial charge in [-0.3, -0.25) is 4.79 Å². The molecular formula is C11H18N2O2. The lowest BCUT2D eigenvalue weighted by atomic mass is 9.95. The summed E-state index contributed by atoms with van der Waals surface area (Å²) in [5.41, 5.74) is 0.704. The summed E-state index contributed by atoms with van der Waals surface area (Å²) >= 11 is 0. The number of aromatic nitrogens is 1. The van der Waals surface area contributed by atoms with E-state index in [-0.39, 0.29) is 17.6 Å². The summed E-state index contributed by atoms with van der Waals surface area (Å²) in [4.78, 5) is 11.1. The molecule has 0 atom stereocenters. The van der Waals surface area contributed by atoms with Gasteiger partial charge >= 0.3 is 0 Å². The summed E-state index contributed by atoms with van der Waals surface area (Å²) in [5, 5.41) is 12.3. The van der Waals surface area contributed by atoms with Crippen molar-refractivity contribution in [2.75, 3.05) is 18.5 Å². The number of pyridine rings is 1. The van der Waals surface area contributed by atoms with Crippen molar-refractivity contribution in [3.8, 4) is 0 Å². The molecule has 15 heavy (non-hydrogen) atoms. The third kappa shape index (κ3) is 3.40. The van der Waals surface area contributed by atoms with Gasteiger partial charge in [0.15, 0.2) is 0 Å². The maximum atomic E-state index is 11.1. The fraction of sp³-hybridized carbons (Fsp3) is 0.545. The molecule has 0 radical (unpaired) electrons. The van der Waals surface area contributed by atoms with E-state index in [0.717, 1.165) is 5.69 Å². The Morgan fingerprint density at radius 1 is 1.47 bits per heavy atom. The summed E-state index contributed by atoms with van der Waals surface area (Å²) in [6.07, 6.45) is 1.75. The van der Waals surface area contributed by atoms with E-state index < -0.39 is 0 Å². The molecule has 1 aromatic rings. The predicted molar refractivity (Wildman–Crippen MR) is 61.0 cm³/mol. The normalized spacial score (nSPS) is 11.5. The zero-order valence-corrected chi connectivity index (χ0v) is 9.45. The number of rotatable bonds is 4. The molecule has 0 aliphatic rings. The summed E-state index contributed by atoms with van der Waals surface area (Å²) in [5.74, 6) is 0. The van der Waals surface area contributed by atoms with Crippen LogP contribution in [0.1, 0.15) is 13.8 Å². The van der Waals surface area contributed by atoms with Crippen molar-refractivity contribution in [2.45, 2.75) is 13.8 Å². The number of hydrogen-bond acceptors (Lipinski definition) is 3. The molecule has 0 aromatic carbocycles. The fourth-order valence-electron chi connectivity index (χ4n) is 1.10. The topological polar surface area (TPSA) is 54.3 Å². The average Bonchev–Trinajstić information content (AvgIpc) is 2.20. The Bertz CT molecular complexity index is 382. The highest BCUT2D eigenvalue weighted by Crippen LogP contribution is 2.14. The number of aryl methyl sites for hydroxylation is 1. The fourth-order valence-corrected chi connectivity index (χ4v) is 1.10. The van der Waals surface area contributed by atoms with Gasteiger partial charge in [-0.1, -0.05) is 13.8 Å². The molecule has 1 heterocycles. The Morgan fingerprint density at radius 2 is 2.13 bits per heavy atom. The number of nitrogens with one attached hydrogen (secondary N) is 1. The lowest BCUT2D eigenvalue weighted by Gasteiger charge is -2.22. The van der Waals surface area contributed by atoms with Crippen molar-refractivity contribution < 1.29 is 5.11 Å². The number of nitrogens with zero attached hydrogens (tertiary/aromatic N) is 1. The first-order valence-electron chi connectivity index (χ1n) is 4.96. The minimum atomic E-state index is -0.158. The minimum Gasteiger partial charge on any atom is -0.396 e. The van der Waals surface area contributed by atoms with Crippen molar-refractivity contribution in [3.05, 3.63) is 28.7 Å². The van der Waals surface area contributed by atoms with Crippen LogP contribution in [0.5, 0.6) is 0 Å². The van der Waals surface area contributed by atoms with Gasteiger partial charge < -0.3 is 15.0 Å². The average molecular weight is 210 g/mol. The van der Waals surface area contributed by atoms with Gasteiger partial charge in [0.25, 0.3) is 0 Å². The van der Waals surface area contributed by atoms with Gasteiger partial charge in [0.05, 0.1) is 5.69 Å². The Kier molecular flexibility index (Phi) is 3.52. The molecule has 1 aromatic heterocycles. The molecule has 0 amide bonds. The van der Waals surface area contributed by atoms with Crippen LogP contribution in [0, 0.1) is 5.41 Å². The molecule has 0 saturated heterocycles. The van der Waals surface area contributed by atoms with Gasteiger partial charge in [-0.25, -0.2) is 0 Å². The third-order valence-electron chi connectivity index (χ3n) is 2.28. The quantitative estimate of drug-likeness (QED) is 0.773. The SMILES string of the molecule is Cn1cc(NCC(C)(C)CO)ccc1=O. The van der Waals surface area contributed by atoms with Gasteiger partial charge in [0.2, 0.25) is 5.56 Å². The summed E-state index contributed by atoms with van der Waals surface area (Å²) in [6.45, 7) is 4.75. The second kappa shape index (κ2) is 4.49. The van der Waals surface area contributed by atoms with Crippen molar-refractivity contribution in [3.63, 3.8) is 0 Å². The molecule has 1 rings (SSSR count). The van der Waals surface area contributed by atoms with E-state index in [4.69, 9.17) is 5.11 Å². The molecule has 0 spiro atoms. The highest BCUT2D eigenvalue weighted by molar-refractivity contribution is 5.40. The van der Waals surface area contributed by atoms with Crippen LogP contribution in [0.15, 0.2) is 23.1 Å². The van der Waals surface area contributed by atoms with Crippen molar-refractivity contribution in [1.82, 2.24) is 4.57 Å². The lowest BCUT2D eigenvalue weighted by molar-refractivity contribution is 0.171. The van der Waals surface area contributed by atoms with Crippen molar-refractivity contribution in [2.24, 2.45) is 12.5 Å². The van der Waals surface area contributed by atoms with Gasteiger partial charge in [0.1, 0.15) is 0 Å². The molecule has 84 valence electrons. The van der Waals surface area contributed by atoms with E-state index in [1.165, 1.54) is 10.6 Å². The van der Waals surface area contributed by atoms with E-state index >= 15 is 0 Å². The third-order valence-corrected chi connectivity index (χ3v) is 2.28. The number of anilines is 1. The largest absolute Gasteiger partial charge is 0.396 e. The Hall–Kier alpha value is -1.29. The van der Waals surface area contributed by atoms with E-state index in [0.29, 0.717) is 6.54 Å². The second-order valence-electron chi connectivity index (χ2n) is 4.54. The van der Waals surface area contributed by atoms with E-state index in [1.807, 2.05) is 13.8 Å². The Labute approximate surface area is 89.6 Å². The van der Waals surface area contributed by atoms with E-state index in [1.54, 1.807) is 19.3 Å². The molecule has 0 bridgehead atoms. The zero-order valence-electron chi connectivity index (χ0n) is 9.45. The number of aliphatic hydroxyl groups excluding tert-OH is 1. The standard InChI is InChI=1S/C11H18N2O2/c1-11(2,8-14)7-12-9-4-5-10(15)13(3)6-9/h4-6,12,14H,7-8H2,1-3H3. The highest BCUT2D eigenvalue weighted by atomic mass is 16.3. The molecule has 0 aliphatic heterocycles. The maximum absolute atomic E-state index is 11.1. The van der Waals surface area contributed by atoms with Crippen LogP contribution in [0.2, 0.25) is 0 Å². The maximum Gasteiger partial charge on any atom is 0.250 e. The molecule has 0 aliphatic carbocycles. The number of aliphatic hydroxyl groups is 1.